The highest BCUT2D eigenvalue weighted by molar-refractivity contribution is 7.89. The van der Waals surface area contributed by atoms with Crippen molar-refractivity contribution in [2.75, 3.05) is 13.1 Å². The third-order valence-electron chi connectivity index (χ3n) is 4.89. The van der Waals surface area contributed by atoms with Crippen LogP contribution in [-0.2, 0) is 10.0 Å². The predicted molar refractivity (Wildman–Crippen MR) is 103 cm³/mol. The first-order valence-electron chi connectivity index (χ1n) is 9.07. The molecule has 3 heterocycles. The van der Waals surface area contributed by atoms with Crippen molar-refractivity contribution in [2.24, 2.45) is 0 Å². The Morgan fingerprint density at radius 2 is 1.83 bits per heavy atom. The van der Waals surface area contributed by atoms with Crippen molar-refractivity contribution in [2.45, 2.75) is 23.7 Å². The average molecular weight is 415 g/mol. The van der Waals surface area contributed by atoms with Gasteiger partial charge in [-0.3, -0.25) is 9.78 Å². The Morgan fingerprint density at radius 1 is 1.10 bits per heavy atom. The Labute approximate surface area is 166 Å². The van der Waals surface area contributed by atoms with Crippen molar-refractivity contribution in [3.8, 4) is 11.5 Å². The minimum atomic E-state index is -3.68. The van der Waals surface area contributed by atoms with Crippen LogP contribution in [0.15, 0.2) is 58.6 Å². The molecule has 1 aliphatic rings. The van der Waals surface area contributed by atoms with Crippen molar-refractivity contribution < 1.29 is 12.8 Å². The van der Waals surface area contributed by atoms with Gasteiger partial charge < -0.3 is 4.98 Å². The Kier molecular flexibility index (Phi) is 5.20. The lowest BCUT2D eigenvalue weighted by atomic mass is 9.94. The van der Waals surface area contributed by atoms with E-state index in [0.717, 1.165) is 12.1 Å². The van der Waals surface area contributed by atoms with Crippen LogP contribution < -0.4 is 5.56 Å². The number of nitrogens with one attached hydrogen (secondary N) is 1. The fourth-order valence-electron chi connectivity index (χ4n) is 3.38. The molecule has 0 atom stereocenters. The summed E-state index contributed by atoms with van der Waals surface area (Å²) >= 11 is 0. The lowest BCUT2D eigenvalue weighted by Gasteiger charge is -2.31. The molecule has 10 heteroatoms. The van der Waals surface area contributed by atoms with E-state index in [0.29, 0.717) is 43.1 Å². The lowest BCUT2D eigenvalue weighted by Crippen LogP contribution is -2.38. The highest BCUT2D eigenvalue weighted by Crippen LogP contribution is 2.30. The number of aromatic amines is 1. The number of H-pyrrole nitrogens is 1. The summed E-state index contributed by atoms with van der Waals surface area (Å²) in [6, 6.07) is 6.24. The second-order valence-corrected chi connectivity index (χ2v) is 8.68. The van der Waals surface area contributed by atoms with Crippen LogP contribution in [-0.4, -0.2) is 45.7 Å². The quantitative estimate of drug-likeness (QED) is 0.697. The number of benzene rings is 1. The standard InChI is InChI=1S/C19H18FN5O3S/c20-14-1-3-15(4-2-14)29(27,28)25-9-5-13(6-10-25)16-11-18(26)24-19(23-16)17-12-21-7-8-22-17/h1-4,7-8,11-13H,5-6,9-10H2,(H,23,24,26). The summed E-state index contributed by atoms with van der Waals surface area (Å²) in [5, 5.41) is 0. The van der Waals surface area contributed by atoms with E-state index in [1.807, 2.05) is 0 Å². The molecule has 1 aromatic carbocycles. The van der Waals surface area contributed by atoms with Gasteiger partial charge >= 0.3 is 0 Å². The topological polar surface area (TPSA) is 109 Å². The molecule has 0 unspecified atom stereocenters. The van der Waals surface area contributed by atoms with Gasteiger partial charge in [-0.2, -0.15) is 4.31 Å². The van der Waals surface area contributed by atoms with Gasteiger partial charge in [0.1, 0.15) is 11.5 Å². The van der Waals surface area contributed by atoms with Crippen molar-refractivity contribution in [3.63, 3.8) is 0 Å². The lowest BCUT2D eigenvalue weighted by molar-refractivity contribution is 0.316. The molecule has 0 radical (unpaired) electrons. The minimum Gasteiger partial charge on any atom is -0.305 e. The smallest absolute Gasteiger partial charge is 0.251 e. The number of nitrogens with zero attached hydrogens (tertiary/aromatic N) is 4. The summed E-state index contributed by atoms with van der Waals surface area (Å²) < 4.78 is 40.0. The van der Waals surface area contributed by atoms with Gasteiger partial charge in [0.15, 0.2) is 5.82 Å². The van der Waals surface area contributed by atoms with Crippen LogP contribution in [0.4, 0.5) is 4.39 Å². The largest absolute Gasteiger partial charge is 0.305 e. The first kappa shape index (κ1) is 19.3. The Bertz CT molecular complexity index is 1160. The third kappa shape index (κ3) is 4.08. The van der Waals surface area contributed by atoms with Crippen molar-refractivity contribution >= 4 is 10.0 Å². The molecule has 0 aliphatic carbocycles. The van der Waals surface area contributed by atoms with Gasteiger partial charge in [0, 0.05) is 37.5 Å². The summed E-state index contributed by atoms with van der Waals surface area (Å²) in [5.74, 6) is -0.198. The van der Waals surface area contributed by atoms with Crippen LogP contribution in [0.2, 0.25) is 0 Å². The summed E-state index contributed by atoms with van der Waals surface area (Å²) in [4.78, 5) is 27.5. The van der Waals surface area contributed by atoms with Crippen molar-refractivity contribution in [1.82, 2.24) is 24.2 Å². The van der Waals surface area contributed by atoms with Gasteiger partial charge in [-0.1, -0.05) is 0 Å². The highest BCUT2D eigenvalue weighted by atomic mass is 32.2. The molecule has 3 aromatic rings. The van der Waals surface area contributed by atoms with E-state index in [1.54, 1.807) is 0 Å². The van der Waals surface area contributed by atoms with Crippen LogP contribution in [0.3, 0.4) is 0 Å². The molecule has 2 aromatic heterocycles. The highest BCUT2D eigenvalue weighted by Gasteiger charge is 2.30. The average Bonchev–Trinajstić information content (AvgIpc) is 2.74. The first-order valence-corrected chi connectivity index (χ1v) is 10.5. The first-order chi connectivity index (χ1) is 13.9. The zero-order valence-corrected chi connectivity index (χ0v) is 16.1. The maximum Gasteiger partial charge on any atom is 0.251 e. The molecular formula is C19H18FN5O3S. The maximum absolute atomic E-state index is 13.1. The number of piperidine rings is 1. The molecule has 4 rings (SSSR count). The van der Waals surface area contributed by atoms with Gasteiger partial charge in [0.25, 0.3) is 5.56 Å². The van der Waals surface area contributed by atoms with E-state index in [2.05, 4.69) is 19.9 Å². The van der Waals surface area contributed by atoms with E-state index < -0.39 is 15.8 Å². The van der Waals surface area contributed by atoms with E-state index in [4.69, 9.17) is 0 Å². The van der Waals surface area contributed by atoms with Crippen molar-refractivity contribution in [3.05, 3.63) is 70.8 Å². The normalized spacial score (nSPS) is 16.0. The Balaban J connectivity index is 1.52. The van der Waals surface area contributed by atoms with Gasteiger partial charge in [0.2, 0.25) is 10.0 Å². The van der Waals surface area contributed by atoms with Crippen LogP contribution in [0.1, 0.15) is 24.5 Å². The van der Waals surface area contributed by atoms with Gasteiger partial charge in [0.05, 0.1) is 16.8 Å². The van der Waals surface area contributed by atoms with Gasteiger partial charge in [-0.05, 0) is 37.1 Å². The number of halogens is 1. The fraction of sp³-hybridized carbons (Fsp3) is 0.263. The van der Waals surface area contributed by atoms with E-state index in [1.165, 1.54) is 41.1 Å². The Morgan fingerprint density at radius 3 is 2.48 bits per heavy atom. The molecule has 0 amide bonds. The number of aromatic nitrogens is 4. The monoisotopic (exact) mass is 415 g/mol. The number of hydrogen-bond donors (Lipinski definition) is 1. The van der Waals surface area contributed by atoms with Crippen LogP contribution in [0.5, 0.6) is 0 Å². The third-order valence-corrected chi connectivity index (χ3v) is 6.80. The maximum atomic E-state index is 13.1. The predicted octanol–water partition coefficient (Wildman–Crippen LogP) is 1.93. The molecule has 8 nitrogen and oxygen atoms in total. The number of sulfonamides is 1. The van der Waals surface area contributed by atoms with Crippen LogP contribution in [0.25, 0.3) is 11.5 Å². The molecular weight excluding hydrogens is 397 g/mol. The molecule has 150 valence electrons. The molecule has 0 saturated carbocycles. The van der Waals surface area contributed by atoms with Gasteiger partial charge in [-0.25, -0.2) is 22.8 Å². The molecule has 1 fully saturated rings. The zero-order valence-electron chi connectivity index (χ0n) is 15.3. The number of hydrogen-bond acceptors (Lipinski definition) is 6. The molecule has 1 aliphatic heterocycles. The Hall–Kier alpha value is -2.98. The molecule has 1 saturated heterocycles. The summed E-state index contributed by atoms with van der Waals surface area (Å²) in [6.45, 7) is 0.582. The number of rotatable bonds is 4. The van der Waals surface area contributed by atoms with E-state index in [9.17, 15) is 17.6 Å². The molecule has 0 bridgehead atoms. The van der Waals surface area contributed by atoms with Crippen LogP contribution in [0, 0.1) is 5.82 Å². The fourth-order valence-corrected chi connectivity index (χ4v) is 4.85. The van der Waals surface area contributed by atoms with Gasteiger partial charge in [-0.15, -0.1) is 0 Å². The molecule has 1 N–H and O–H groups in total. The summed E-state index contributed by atoms with van der Waals surface area (Å²) in [7, 11) is -3.68. The zero-order chi connectivity index (χ0) is 20.4. The molecule has 29 heavy (non-hydrogen) atoms. The van der Waals surface area contributed by atoms with Crippen molar-refractivity contribution in [1.29, 1.82) is 0 Å². The van der Waals surface area contributed by atoms with E-state index >= 15 is 0 Å². The second kappa shape index (κ2) is 7.80. The summed E-state index contributed by atoms with van der Waals surface area (Å²) in [5.41, 5.74) is 0.771. The van der Waals surface area contributed by atoms with Crippen LogP contribution >= 0.6 is 0 Å². The second-order valence-electron chi connectivity index (χ2n) is 6.74. The van der Waals surface area contributed by atoms with E-state index in [-0.39, 0.29) is 16.4 Å². The minimum absolute atomic E-state index is 0.0487. The molecule has 0 spiro atoms. The SMILES string of the molecule is O=c1cc(C2CCN(S(=O)(=O)c3ccc(F)cc3)CC2)nc(-c2cnccn2)[nH]1. The summed E-state index contributed by atoms with van der Waals surface area (Å²) in [6.07, 6.45) is 5.61.